The number of hydrogen-bond acceptors (Lipinski definition) is 5. The van der Waals surface area contributed by atoms with Crippen LogP contribution in [0.5, 0.6) is 0 Å². The summed E-state index contributed by atoms with van der Waals surface area (Å²) in [6, 6.07) is 24.2. The highest BCUT2D eigenvalue weighted by Crippen LogP contribution is 2.32. The third kappa shape index (κ3) is 2.74. The lowest BCUT2D eigenvalue weighted by atomic mass is 10.1. The predicted molar refractivity (Wildman–Crippen MR) is 122 cm³/mol. The van der Waals surface area contributed by atoms with Crippen molar-refractivity contribution < 1.29 is 0 Å². The summed E-state index contributed by atoms with van der Waals surface area (Å²) >= 11 is 0. The molecule has 4 aromatic heterocycles. The van der Waals surface area contributed by atoms with Crippen molar-refractivity contribution in [2.75, 3.05) is 5.32 Å². The van der Waals surface area contributed by atoms with Crippen molar-refractivity contribution in [2.45, 2.75) is 13.3 Å². The van der Waals surface area contributed by atoms with Crippen molar-refractivity contribution in [2.24, 2.45) is 0 Å². The summed E-state index contributed by atoms with van der Waals surface area (Å²) in [5.74, 6) is 2.39. The number of anilines is 2. The van der Waals surface area contributed by atoms with E-state index in [9.17, 15) is 0 Å². The molecule has 6 aromatic rings. The second kappa shape index (κ2) is 6.91. The van der Waals surface area contributed by atoms with E-state index in [1.54, 1.807) is 0 Å². The number of imidazole rings is 1. The zero-order chi connectivity index (χ0) is 20.8. The van der Waals surface area contributed by atoms with Crippen molar-refractivity contribution in [1.29, 1.82) is 0 Å². The number of para-hydroxylation sites is 2. The molecule has 0 spiro atoms. The Hall–Kier alpha value is -4.26. The van der Waals surface area contributed by atoms with Gasteiger partial charge in [0.2, 0.25) is 5.65 Å². The molecule has 4 heterocycles. The maximum absolute atomic E-state index is 4.89. The number of nitrogens with one attached hydrogen (secondary N) is 1. The molecule has 0 aliphatic rings. The van der Waals surface area contributed by atoms with Gasteiger partial charge in [-0.15, -0.1) is 10.2 Å². The lowest BCUT2D eigenvalue weighted by molar-refractivity contribution is 0.922. The van der Waals surface area contributed by atoms with Gasteiger partial charge in [-0.25, -0.2) is 9.97 Å². The minimum Gasteiger partial charge on any atom is -0.321 e. The molecule has 150 valence electrons. The Morgan fingerprint density at radius 3 is 2.52 bits per heavy atom. The van der Waals surface area contributed by atoms with Crippen molar-refractivity contribution in [3.8, 4) is 11.3 Å². The minimum atomic E-state index is 0.647. The molecule has 0 radical (unpaired) electrons. The molecule has 0 amide bonds. The van der Waals surface area contributed by atoms with E-state index in [1.807, 2.05) is 71.3 Å². The van der Waals surface area contributed by atoms with Crippen LogP contribution in [0.2, 0.25) is 0 Å². The fourth-order valence-electron chi connectivity index (χ4n) is 3.98. The molecule has 6 rings (SSSR count). The van der Waals surface area contributed by atoms with E-state index in [2.05, 4.69) is 39.0 Å². The van der Waals surface area contributed by atoms with Crippen LogP contribution < -0.4 is 5.32 Å². The Kier molecular flexibility index (Phi) is 3.92. The molecule has 0 atom stereocenters. The van der Waals surface area contributed by atoms with Crippen molar-refractivity contribution in [3.63, 3.8) is 0 Å². The number of pyridine rings is 1. The number of rotatable bonds is 4. The quantitative estimate of drug-likeness (QED) is 0.452. The summed E-state index contributed by atoms with van der Waals surface area (Å²) in [7, 11) is 0. The lowest BCUT2D eigenvalue weighted by Crippen LogP contribution is -2.04. The number of benzene rings is 2. The second-order valence-corrected chi connectivity index (χ2v) is 7.31. The van der Waals surface area contributed by atoms with Crippen LogP contribution >= 0.6 is 0 Å². The van der Waals surface area contributed by atoms with E-state index in [4.69, 9.17) is 9.97 Å². The molecule has 0 fully saturated rings. The zero-order valence-corrected chi connectivity index (χ0v) is 16.9. The summed E-state index contributed by atoms with van der Waals surface area (Å²) in [4.78, 5) is 9.76. The first-order chi connectivity index (χ1) is 15.3. The van der Waals surface area contributed by atoms with Gasteiger partial charge in [0.05, 0.1) is 11.0 Å². The molecule has 7 heteroatoms. The van der Waals surface area contributed by atoms with Crippen molar-refractivity contribution >= 4 is 34.0 Å². The smallest absolute Gasteiger partial charge is 0.204 e. The summed E-state index contributed by atoms with van der Waals surface area (Å²) < 4.78 is 4.11. The predicted octanol–water partition coefficient (Wildman–Crippen LogP) is 4.90. The lowest BCUT2D eigenvalue weighted by Gasteiger charge is -2.11. The van der Waals surface area contributed by atoms with Crippen LogP contribution in [0.25, 0.3) is 33.6 Å². The average molecular weight is 405 g/mol. The number of aryl methyl sites for hydroxylation is 1. The molecule has 31 heavy (non-hydrogen) atoms. The van der Waals surface area contributed by atoms with Crippen LogP contribution in [0, 0.1) is 0 Å². The van der Waals surface area contributed by atoms with E-state index >= 15 is 0 Å². The largest absolute Gasteiger partial charge is 0.321 e. The standard InChI is InChI=1S/C24H19N7/c1-2-19-28-29-24-22(25-17-12-6-7-13-18(17)31(19)24)27-23-21(16-10-4-3-5-11-16)26-20-14-8-9-15-30(20)23/h3-15H,2H2,1H3,(H,25,27). The van der Waals surface area contributed by atoms with Crippen LogP contribution in [-0.4, -0.2) is 29.0 Å². The Morgan fingerprint density at radius 2 is 1.65 bits per heavy atom. The molecule has 2 aromatic carbocycles. The van der Waals surface area contributed by atoms with E-state index in [0.29, 0.717) is 11.5 Å². The highest BCUT2D eigenvalue weighted by atomic mass is 15.3. The van der Waals surface area contributed by atoms with Gasteiger partial charge in [-0.2, -0.15) is 0 Å². The molecule has 0 aliphatic heterocycles. The van der Waals surface area contributed by atoms with Crippen molar-refractivity contribution in [1.82, 2.24) is 29.0 Å². The van der Waals surface area contributed by atoms with Crippen LogP contribution in [0.1, 0.15) is 12.7 Å². The van der Waals surface area contributed by atoms with Crippen LogP contribution in [0.15, 0.2) is 79.0 Å². The molecule has 0 saturated carbocycles. The van der Waals surface area contributed by atoms with Crippen LogP contribution in [-0.2, 0) is 6.42 Å². The summed E-state index contributed by atoms with van der Waals surface area (Å²) in [6.07, 6.45) is 2.77. The fourth-order valence-corrected chi connectivity index (χ4v) is 3.98. The molecular weight excluding hydrogens is 386 g/mol. The fraction of sp³-hybridized carbons (Fsp3) is 0.0833. The van der Waals surface area contributed by atoms with Gasteiger partial charge in [-0.1, -0.05) is 55.5 Å². The molecule has 1 N–H and O–H groups in total. The SMILES string of the molecule is CCc1nnc2c(Nc3c(-c4ccccc4)nc4ccccn34)nc3ccccc3n12. The summed E-state index contributed by atoms with van der Waals surface area (Å²) in [6.45, 7) is 2.08. The minimum absolute atomic E-state index is 0.647. The van der Waals surface area contributed by atoms with Gasteiger partial charge in [-0.3, -0.25) is 8.80 Å². The summed E-state index contributed by atoms with van der Waals surface area (Å²) in [5, 5.41) is 12.4. The molecule has 7 nitrogen and oxygen atoms in total. The van der Waals surface area contributed by atoms with E-state index in [1.165, 1.54) is 0 Å². The second-order valence-electron chi connectivity index (χ2n) is 7.31. The third-order valence-corrected chi connectivity index (χ3v) is 5.43. The first-order valence-electron chi connectivity index (χ1n) is 10.3. The Balaban J connectivity index is 1.62. The third-order valence-electron chi connectivity index (χ3n) is 5.43. The first kappa shape index (κ1) is 17.6. The van der Waals surface area contributed by atoms with E-state index in [-0.39, 0.29) is 0 Å². The van der Waals surface area contributed by atoms with E-state index in [0.717, 1.165) is 46.0 Å². The maximum Gasteiger partial charge on any atom is 0.204 e. The molecule has 0 saturated heterocycles. The van der Waals surface area contributed by atoms with Gasteiger partial charge in [0.25, 0.3) is 0 Å². The van der Waals surface area contributed by atoms with Gasteiger partial charge >= 0.3 is 0 Å². The highest BCUT2D eigenvalue weighted by molar-refractivity contribution is 5.87. The normalized spacial score (nSPS) is 11.5. The number of aromatic nitrogens is 6. The van der Waals surface area contributed by atoms with Gasteiger partial charge in [0.15, 0.2) is 5.82 Å². The highest BCUT2D eigenvalue weighted by Gasteiger charge is 2.19. The van der Waals surface area contributed by atoms with Gasteiger partial charge in [-0.05, 0) is 24.3 Å². The Labute approximate surface area is 178 Å². The van der Waals surface area contributed by atoms with Crippen molar-refractivity contribution in [3.05, 3.63) is 84.8 Å². The average Bonchev–Trinajstić information content (AvgIpc) is 3.42. The topological polar surface area (TPSA) is 72.4 Å². The number of fused-ring (bicyclic) bond motifs is 4. The van der Waals surface area contributed by atoms with Crippen LogP contribution in [0.4, 0.5) is 11.6 Å². The van der Waals surface area contributed by atoms with E-state index < -0.39 is 0 Å². The molecule has 0 bridgehead atoms. The molecular formula is C24H19N7. The molecule has 0 aliphatic carbocycles. The number of nitrogens with zero attached hydrogens (tertiary/aromatic N) is 6. The molecule has 0 unspecified atom stereocenters. The Bertz CT molecular complexity index is 1550. The monoisotopic (exact) mass is 405 g/mol. The maximum atomic E-state index is 4.89. The summed E-state index contributed by atoms with van der Waals surface area (Å²) in [5.41, 5.74) is 5.31. The van der Waals surface area contributed by atoms with Gasteiger partial charge in [0, 0.05) is 18.2 Å². The number of hydrogen-bond donors (Lipinski definition) is 1. The van der Waals surface area contributed by atoms with Gasteiger partial charge < -0.3 is 5.32 Å². The zero-order valence-electron chi connectivity index (χ0n) is 16.9. The van der Waals surface area contributed by atoms with Crippen LogP contribution in [0.3, 0.4) is 0 Å². The Morgan fingerprint density at radius 1 is 0.839 bits per heavy atom. The van der Waals surface area contributed by atoms with Gasteiger partial charge in [0.1, 0.15) is 23.0 Å². The first-order valence-corrected chi connectivity index (χ1v) is 10.3.